The van der Waals surface area contributed by atoms with Crippen molar-refractivity contribution in [3.05, 3.63) is 0 Å². The Labute approximate surface area is 130 Å². The summed E-state index contributed by atoms with van der Waals surface area (Å²) >= 11 is 0. The zero-order valence-electron chi connectivity index (χ0n) is 14.2. The summed E-state index contributed by atoms with van der Waals surface area (Å²) in [4.78, 5) is 2.65. The van der Waals surface area contributed by atoms with Crippen molar-refractivity contribution in [2.75, 3.05) is 53.0 Å². The summed E-state index contributed by atoms with van der Waals surface area (Å²) in [5.74, 6) is 0.722. The predicted molar refractivity (Wildman–Crippen MR) is 86.7 cm³/mol. The molecule has 21 heavy (non-hydrogen) atoms. The zero-order chi connectivity index (χ0) is 15.1. The number of likely N-dealkylation sites (tertiary alicyclic amines) is 1. The van der Waals surface area contributed by atoms with Crippen LogP contribution in [0.25, 0.3) is 0 Å². The Kier molecular flexibility index (Phi) is 6.93. The van der Waals surface area contributed by atoms with Crippen molar-refractivity contribution in [3.8, 4) is 0 Å². The number of hydrogen-bond acceptors (Lipinski definition) is 4. The molecule has 0 aliphatic carbocycles. The van der Waals surface area contributed by atoms with E-state index in [1.807, 2.05) is 7.11 Å². The summed E-state index contributed by atoms with van der Waals surface area (Å²) in [5.41, 5.74) is 0.410. The summed E-state index contributed by atoms with van der Waals surface area (Å²) in [7, 11) is 1.84. The molecule has 2 aliphatic rings. The summed E-state index contributed by atoms with van der Waals surface area (Å²) < 4.78 is 11.1. The number of nitrogens with zero attached hydrogens (tertiary/aromatic N) is 1. The number of methoxy groups -OCH3 is 1. The first kappa shape index (κ1) is 17.2. The maximum Gasteiger partial charge on any atom is 0.0595 e. The standard InChI is InChI=1S/C17H34N2O2/c1-15(2)12-18-13-17(6-10-21-11-7-17)14-19-8-4-16(20-3)5-9-19/h15-16,18H,4-14H2,1-3H3. The van der Waals surface area contributed by atoms with Crippen LogP contribution >= 0.6 is 0 Å². The maximum absolute atomic E-state index is 5.61. The molecule has 0 atom stereocenters. The second kappa shape index (κ2) is 8.47. The fraction of sp³-hybridized carbons (Fsp3) is 1.00. The van der Waals surface area contributed by atoms with Crippen LogP contribution in [-0.4, -0.2) is 64.1 Å². The van der Waals surface area contributed by atoms with Crippen LogP contribution in [0.4, 0.5) is 0 Å². The van der Waals surface area contributed by atoms with Gasteiger partial charge in [-0.2, -0.15) is 0 Å². The van der Waals surface area contributed by atoms with Crippen LogP contribution in [-0.2, 0) is 9.47 Å². The largest absolute Gasteiger partial charge is 0.381 e. The lowest BCUT2D eigenvalue weighted by molar-refractivity contribution is -0.0208. The average Bonchev–Trinajstić information content (AvgIpc) is 2.48. The van der Waals surface area contributed by atoms with Crippen molar-refractivity contribution >= 4 is 0 Å². The second-order valence-electron chi connectivity index (χ2n) is 7.35. The fourth-order valence-corrected chi connectivity index (χ4v) is 3.60. The van der Waals surface area contributed by atoms with Gasteiger partial charge in [-0.25, -0.2) is 0 Å². The van der Waals surface area contributed by atoms with Gasteiger partial charge in [-0.3, -0.25) is 0 Å². The van der Waals surface area contributed by atoms with E-state index in [9.17, 15) is 0 Å². The van der Waals surface area contributed by atoms with Crippen LogP contribution < -0.4 is 5.32 Å². The SMILES string of the molecule is COC1CCN(CC2(CNCC(C)C)CCOCC2)CC1. The minimum Gasteiger partial charge on any atom is -0.381 e. The van der Waals surface area contributed by atoms with Gasteiger partial charge in [0.2, 0.25) is 0 Å². The average molecular weight is 298 g/mol. The van der Waals surface area contributed by atoms with Crippen LogP contribution in [0.1, 0.15) is 39.5 Å². The molecule has 0 aromatic carbocycles. The highest BCUT2D eigenvalue weighted by molar-refractivity contribution is 4.88. The maximum atomic E-state index is 5.61. The lowest BCUT2D eigenvalue weighted by Gasteiger charge is -2.43. The summed E-state index contributed by atoms with van der Waals surface area (Å²) in [6.45, 7) is 12.3. The molecule has 124 valence electrons. The lowest BCUT2D eigenvalue weighted by Crippen LogP contribution is -2.50. The molecule has 0 aromatic heterocycles. The van der Waals surface area contributed by atoms with Crippen molar-refractivity contribution in [1.29, 1.82) is 0 Å². The first-order valence-electron chi connectivity index (χ1n) is 8.67. The highest BCUT2D eigenvalue weighted by Crippen LogP contribution is 2.32. The molecule has 0 unspecified atom stereocenters. The van der Waals surface area contributed by atoms with Gasteiger partial charge < -0.3 is 19.7 Å². The molecule has 4 nitrogen and oxygen atoms in total. The highest BCUT2D eigenvalue weighted by Gasteiger charge is 2.35. The number of piperidine rings is 1. The van der Waals surface area contributed by atoms with Crippen LogP contribution in [0.2, 0.25) is 0 Å². The van der Waals surface area contributed by atoms with E-state index in [2.05, 4.69) is 24.1 Å². The van der Waals surface area contributed by atoms with Gasteiger partial charge >= 0.3 is 0 Å². The quantitative estimate of drug-likeness (QED) is 0.781. The topological polar surface area (TPSA) is 33.7 Å². The Balaban J connectivity index is 1.84. The fourth-order valence-electron chi connectivity index (χ4n) is 3.60. The zero-order valence-corrected chi connectivity index (χ0v) is 14.2. The summed E-state index contributed by atoms with van der Waals surface area (Å²) in [5, 5.41) is 3.70. The molecule has 0 amide bonds. The summed E-state index contributed by atoms with van der Waals surface area (Å²) in [6.07, 6.45) is 5.24. The van der Waals surface area contributed by atoms with Crippen LogP contribution in [0.3, 0.4) is 0 Å². The molecule has 1 N–H and O–H groups in total. The second-order valence-corrected chi connectivity index (χ2v) is 7.35. The van der Waals surface area contributed by atoms with E-state index in [0.29, 0.717) is 11.5 Å². The third-order valence-electron chi connectivity index (χ3n) is 5.03. The first-order chi connectivity index (χ1) is 10.1. The van der Waals surface area contributed by atoms with Crippen LogP contribution in [0, 0.1) is 11.3 Å². The molecule has 2 aliphatic heterocycles. The number of nitrogens with one attached hydrogen (secondary N) is 1. The Morgan fingerprint density at radius 1 is 1.24 bits per heavy atom. The van der Waals surface area contributed by atoms with Crippen molar-refractivity contribution < 1.29 is 9.47 Å². The molecular formula is C17H34N2O2. The monoisotopic (exact) mass is 298 g/mol. The molecule has 2 rings (SSSR count). The van der Waals surface area contributed by atoms with Crippen molar-refractivity contribution in [3.63, 3.8) is 0 Å². The predicted octanol–water partition coefficient (Wildman–Crippen LogP) is 2.14. The van der Waals surface area contributed by atoms with E-state index in [1.165, 1.54) is 45.3 Å². The highest BCUT2D eigenvalue weighted by atomic mass is 16.5. The molecular weight excluding hydrogens is 264 g/mol. The van der Waals surface area contributed by atoms with Gasteiger partial charge in [0.25, 0.3) is 0 Å². The third-order valence-corrected chi connectivity index (χ3v) is 5.03. The number of ether oxygens (including phenoxy) is 2. The van der Waals surface area contributed by atoms with Gasteiger partial charge in [0.1, 0.15) is 0 Å². The van der Waals surface area contributed by atoms with E-state index in [1.54, 1.807) is 0 Å². The first-order valence-corrected chi connectivity index (χ1v) is 8.67. The molecule has 0 spiro atoms. The van der Waals surface area contributed by atoms with Crippen molar-refractivity contribution in [2.24, 2.45) is 11.3 Å². The van der Waals surface area contributed by atoms with Gasteiger partial charge in [0, 0.05) is 46.5 Å². The van der Waals surface area contributed by atoms with Gasteiger partial charge in [0.15, 0.2) is 0 Å². The van der Waals surface area contributed by atoms with E-state index in [0.717, 1.165) is 32.2 Å². The molecule has 0 aromatic rings. The van der Waals surface area contributed by atoms with Crippen LogP contribution in [0.5, 0.6) is 0 Å². The van der Waals surface area contributed by atoms with Crippen molar-refractivity contribution in [2.45, 2.75) is 45.6 Å². The van der Waals surface area contributed by atoms with E-state index in [4.69, 9.17) is 9.47 Å². The molecule has 0 radical (unpaired) electrons. The van der Waals surface area contributed by atoms with Crippen molar-refractivity contribution in [1.82, 2.24) is 10.2 Å². The smallest absolute Gasteiger partial charge is 0.0595 e. The Morgan fingerprint density at radius 2 is 1.90 bits per heavy atom. The summed E-state index contributed by atoms with van der Waals surface area (Å²) in [6, 6.07) is 0. The molecule has 2 heterocycles. The van der Waals surface area contributed by atoms with Gasteiger partial charge in [-0.05, 0) is 43.6 Å². The minimum atomic E-state index is 0.410. The molecule has 0 bridgehead atoms. The molecule has 0 saturated carbocycles. The minimum absolute atomic E-state index is 0.410. The third kappa shape index (κ3) is 5.51. The van der Waals surface area contributed by atoms with E-state index < -0.39 is 0 Å². The molecule has 2 saturated heterocycles. The Morgan fingerprint density at radius 3 is 2.48 bits per heavy atom. The van der Waals surface area contributed by atoms with Gasteiger partial charge in [-0.1, -0.05) is 13.8 Å². The van der Waals surface area contributed by atoms with E-state index in [-0.39, 0.29) is 0 Å². The lowest BCUT2D eigenvalue weighted by atomic mass is 9.79. The van der Waals surface area contributed by atoms with Crippen LogP contribution in [0.15, 0.2) is 0 Å². The molecule has 2 fully saturated rings. The number of rotatable bonds is 7. The van der Waals surface area contributed by atoms with Gasteiger partial charge in [0.05, 0.1) is 6.10 Å². The normalized spacial score (nSPS) is 24.6. The molecule has 4 heteroatoms. The Bertz CT molecular complexity index is 283. The van der Waals surface area contributed by atoms with E-state index >= 15 is 0 Å². The number of hydrogen-bond donors (Lipinski definition) is 1. The Hall–Kier alpha value is -0.160. The van der Waals surface area contributed by atoms with Gasteiger partial charge in [-0.15, -0.1) is 0 Å².